The molecular formula is C23H25BrClNO2. The van der Waals surface area contributed by atoms with E-state index in [1.807, 2.05) is 60.7 Å². The van der Waals surface area contributed by atoms with Crippen LogP contribution in [0.3, 0.4) is 0 Å². The molecule has 0 heterocycles. The summed E-state index contributed by atoms with van der Waals surface area (Å²) in [6.45, 7) is 2.35. The van der Waals surface area contributed by atoms with Gasteiger partial charge < -0.3 is 9.84 Å². The number of ether oxygens (including phenoxy) is 1. The van der Waals surface area contributed by atoms with Gasteiger partial charge in [0, 0.05) is 19.6 Å². The van der Waals surface area contributed by atoms with Gasteiger partial charge in [-0.05, 0) is 39.2 Å². The molecule has 3 aromatic rings. The summed E-state index contributed by atoms with van der Waals surface area (Å²) in [5.41, 5.74) is 2.46. The van der Waals surface area contributed by atoms with E-state index in [-0.39, 0.29) is 19.0 Å². The minimum absolute atomic E-state index is 0. The Bertz CT molecular complexity index is 776. The highest BCUT2D eigenvalue weighted by Crippen LogP contribution is 2.24. The first-order valence-electron chi connectivity index (χ1n) is 9.06. The molecule has 28 heavy (non-hydrogen) atoms. The zero-order chi connectivity index (χ0) is 18.9. The van der Waals surface area contributed by atoms with Crippen molar-refractivity contribution in [3.63, 3.8) is 0 Å². The smallest absolute Gasteiger partial charge is 0.133 e. The Hall–Kier alpha value is -1.85. The Kier molecular flexibility index (Phi) is 9.51. The van der Waals surface area contributed by atoms with Crippen molar-refractivity contribution in [1.29, 1.82) is 0 Å². The zero-order valence-corrected chi connectivity index (χ0v) is 18.0. The molecule has 1 N–H and O–H groups in total. The average Bonchev–Trinajstić information content (AvgIpc) is 2.69. The Labute approximate surface area is 181 Å². The van der Waals surface area contributed by atoms with Crippen molar-refractivity contribution in [3.8, 4) is 5.75 Å². The molecule has 3 rings (SSSR count). The minimum atomic E-state index is -0.579. The molecule has 0 saturated carbocycles. The normalized spacial score (nSPS) is 11.7. The van der Waals surface area contributed by atoms with E-state index in [0.29, 0.717) is 6.54 Å². The van der Waals surface area contributed by atoms with Gasteiger partial charge in [0.05, 0.1) is 4.47 Å². The van der Waals surface area contributed by atoms with E-state index in [1.165, 1.54) is 11.1 Å². The second kappa shape index (κ2) is 11.9. The quantitative estimate of drug-likeness (QED) is 0.467. The lowest BCUT2D eigenvalue weighted by molar-refractivity contribution is 0.0626. The van der Waals surface area contributed by atoms with Crippen LogP contribution in [-0.4, -0.2) is 29.3 Å². The highest BCUT2D eigenvalue weighted by atomic mass is 79.9. The summed E-state index contributed by atoms with van der Waals surface area (Å²) in [6, 6.07) is 28.3. The number of halogens is 2. The van der Waals surface area contributed by atoms with Crippen molar-refractivity contribution in [1.82, 2.24) is 4.90 Å². The number of benzene rings is 3. The van der Waals surface area contributed by atoms with Crippen molar-refractivity contribution < 1.29 is 9.84 Å². The van der Waals surface area contributed by atoms with Crippen LogP contribution in [-0.2, 0) is 13.1 Å². The number of aliphatic hydroxyl groups excluding tert-OH is 1. The predicted octanol–water partition coefficient (Wildman–Crippen LogP) is 5.31. The topological polar surface area (TPSA) is 32.7 Å². The van der Waals surface area contributed by atoms with Crippen LogP contribution in [0.25, 0.3) is 0 Å². The maximum absolute atomic E-state index is 10.5. The van der Waals surface area contributed by atoms with Gasteiger partial charge in [-0.1, -0.05) is 72.8 Å². The van der Waals surface area contributed by atoms with E-state index in [9.17, 15) is 5.11 Å². The summed E-state index contributed by atoms with van der Waals surface area (Å²) in [5.74, 6) is 0.745. The lowest BCUT2D eigenvalue weighted by Gasteiger charge is -2.25. The monoisotopic (exact) mass is 461 g/mol. The predicted molar refractivity (Wildman–Crippen MR) is 120 cm³/mol. The lowest BCUT2D eigenvalue weighted by atomic mass is 10.1. The largest absolute Gasteiger partial charge is 0.490 e. The first-order chi connectivity index (χ1) is 13.2. The fraction of sp³-hybridized carbons (Fsp3) is 0.217. The summed E-state index contributed by atoms with van der Waals surface area (Å²) in [5, 5.41) is 10.5. The molecule has 148 valence electrons. The number of hydrogen-bond acceptors (Lipinski definition) is 3. The van der Waals surface area contributed by atoms with Crippen LogP contribution in [0.5, 0.6) is 5.75 Å². The molecule has 1 atom stereocenters. The molecule has 0 bridgehead atoms. The summed E-state index contributed by atoms with van der Waals surface area (Å²) in [7, 11) is 0. The maximum Gasteiger partial charge on any atom is 0.133 e. The highest BCUT2D eigenvalue weighted by Gasteiger charge is 2.14. The number of nitrogens with zero attached hydrogens (tertiary/aromatic N) is 1. The standard InChI is InChI=1S/C23H24BrNO2.ClH/c24-22-13-7-8-14-23(22)27-18-21(26)17-25(15-19-9-3-1-4-10-19)16-20-11-5-2-6-12-20;/h1-14,21,26H,15-18H2;1H. The van der Waals surface area contributed by atoms with Gasteiger partial charge in [-0.2, -0.15) is 0 Å². The summed E-state index contributed by atoms with van der Waals surface area (Å²) < 4.78 is 6.67. The van der Waals surface area contributed by atoms with Gasteiger partial charge in [-0.25, -0.2) is 0 Å². The second-order valence-corrected chi connectivity index (χ2v) is 7.39. The molecular weight excluding hydrogens is 438 g/mol. The first-order valence-corrected chi connectivity index (χ1v) is 9.85. The molecule has 1 unspecified atom stereocenters. The zero-order valence-electron chi connectivity index (χ0n) is 15.6. The highest BCUT2D eigenvalue weighted by molar-refractivity contribution is 9.10. The van der Waals surface area contributed by atoms with Gasteiger partial charge in [0.25, 0.3) is 0 Å². The van der Waals surface area contributed by atoms with Gasteiger partial charge in [0.1, 0.15) is 18.5 Å². The average molecular weight is 463 g/mol. The van der Waals surface area contributed by atoms with Crippen molar-refractivity contribution in [2.45, 2.75) is 19.2 Å². The summed E-state index contributed by atoms with van der Waals surface area (Å²) in [4.78, 5) is 2.25. The molecule has 0 aromatic heterocycles. The molecule has 0 saturated heterocycles. The van der Waals surface area contributed by atoms with E-state index in [4.69, 9.17) is 4.74 Å². The van der Waals surface area contributed by atoms with Crippen molar-refractivity contribution in [2.75, 3.05) is 13.2 Å². The van der Waals surface area contributed by atoms with Crippen LogP contribution in [0.1, 0.15) is 11.1 Å². The molecule has 0 spiro atoms. The molecule has 0 aliphatic carbocycles. The maximum atomic E-state index is 10.5. The fourth-order valence-corrected chi connectivity index (χ4v) is 3.37. The van der Waals surface area contributed by atoms with E-state index < -0.39 is 6.10 Å². The molecule has 3 aromatic carbocycles. The third kappa shape index (κ3) is 7.28. The lowest BCUT2D eigenvalue weighted by Crippen LogP contribution is -2.35. The van der Waals surface area contributed by atoms with Gasteiger partial charge >= 0.3 is 0 Å². The number of hydrogen-bond donors (Lipinski definition) is 1. The summed E-state index contributed by atoms with van der Waals surface area (Å²) >= 11 is 3.47. The molecule has 0 aliphatic rings. The Morgan fingerprint density at radius 3 is 1.82 bits per heavy atom. The van der Waals surface area contributed by atoms with E-state index >= 15 is 0 Å². The van der Waals surface area contributed by atoms with Crippen molar-refractivity contribution in [2.24, 2.45) is 0 Å². The Morgan fingerprint density at radius 2 is 1.29 bits per heavy atom. The van der Waals surface area contributed by atoms with Gasteiger partial charge in [-0.3, -0.25) is 4.90 Å². The van der Waals surface area contributed by atoms with Crippen LogP contribution in [0, 0.1) is 0 Å². The fourth-order valence-electron chi connectivity index (χ4n) is 2.97. The Balaban J connectivity index is 0.00000280. The van der Waals surface area contributed by atoms with Crippen LogP contribution in [0.15, 0.2) is 89.4 Å². The van der Waals surface area contributed by atoms with Crippen molar-refractivity contribution in [3.05, 3.63) is 101 Å². The van der Waals surface area contributed by atoms with Crippen LogP contribution in [0.2, 0.25) is 0 Å². The first kappa shape index (κ1) is 22.4. The molecule has 5 heteroatoms. The van der Waals surface area contributed by atoms with Gasteiger partial charge in [0.2, 0.25) is 0 Å². The van der Waals surface area contributed by atoms with Crippen LogP contribution >= 0.6 is 28.3 Å². The molecule has 0 fully saturated rings. The molecule has 0 radical (unpaired) electrons. The molecule has 0 aliphatic heterocycles. The second-order valence-electron chi connectivity index (χ2n) is 6.54. The van der Waals surface area contributed by atoms with Gasteiger partial charge in [-0.15, -0.1) is 12.4 Å². The number of para-hydroxylation sites is 1. The molecule has 0 amide bonds. The van der Waals surface area contributed by atoms with E-state index in [1.54, 1.807) is 0 Å². The SMILES string of the molecule is Cl.OC(COc1ccccc1Br)CN(Cc1ccccc1)Cc1ccccc1. The third-order valence-corrected chi connectivity index (χ3v) is 4.89. The minimum Gasteiger partial charge on any atom is -0.490 e. The van der Waals surface area contributed by atoms with Crippen molar-refractivity contribution >= 4 is 28.3 Å². The summed E-state index contributed by atoms with van der Waals surface area (Å²) in [6.07, 6.45) is -0.579. The number of aliphatic hydroxyl groups is 1. The van der Waals surface area contributed by atoms with Gasteiger partial charge in [0.15, 0.2) is 0 Å². The van der Waals surface area contributed by atoms with E-state index in [2.05, 4.69) is 45.1 Å². The Morgan fingerprint density at radius 1 is 0.786 bits per heavy atom. The van der Waals surface area contributed by atoms with Crippen LogP contribution in [0.4, 0.5) is 0 Å². The molecule has 3 nitrogen and oxygen atoms in total. The van der Waals surface area contributed by atoms with E-state index in [0.717, 1.165) is 23.3 Å². The third-order valence-electron chi connectivity index (χ3n) is 4.23. The number of rotatable bonds is 9. The van der Waals surface area contributed by atoms with Crippen LogP contribution < -0.4 is 4.74 Å².